The number of aryl methyl sites for hydroxylation is 2. The molecule has 0 bridgehead atoms. The molecule has 0 unspecified atom stereocenters. The van der Waals surface area contributed by atoms with Crippen molar-refractivity contribution in [3.05, 3.63) is 93.2 Å². The van der Waals surface area contributed by atoms with Gasteiger partial charge in [-0.1, -0.05) is 6.07 Å². The highest BCUT2D eigenvalue weighted by atomic mass is 19.4. The Labute approximate surface area is 181 Å². The van der Waals surface area contributed by atoms with Gasteiger partial charge in [-0.2, -0.15) is 13.2 Å². The van der Waals surface area contributed by atoms with Gasteiger partial charge in [0.15, 0.2) is 0 Å². The van der Waals surface area contributed by atoms with Crippen molar-refractivity contribution in [1.29, 1.82) is 0 Å². The third-order valence-electron chi connectivity index (χ3n) is 4.60. The zero-order chi connectivity index (χ0) is 24.1. The summed E-state index contributed by atoms with van der Waals surface area (Å²) < 4.78 is 50.3. The molecule has 2 N–H and O–H groups in total. The maximum Gasteiger partial charge on any atom is 0.416 e. The van der Waals surface area contributed by atoms with Crippen LogP contribution in [0.4, 0.5) is 23.2 Å². The fraction of sp³-hybridized carbons (Fsp3) is 0.217. The number of H-pyrrole nitrogens is 1. The zero-order valence-corrected chi connectivity index (χ0v) is 17.6. The Morgan fingerprint density at radius 1 is 1.03 bits per heavy atom. The molecule has 1 amide bonds. The number of hydrogen-bond donors (Lipinski definition) is 2. The van der Waals surface area contributed by atoms with Gasteiger partial charge in [-0.15, -0.1) is 0 Å². The van der Waals surface area contributed by atoms with E-state index in [9.17, 15) is 27.2 Å². The Morgan fingerprint density at radius 3 is 2.19 bits per heavy atom. The highest BCUT2D eigenvalue weighted by Crippen LogP contribution is 2.31. The van der Waals surface area contributed by atoms with Crippen LogP contribution >= 0.6 is 0 Å². The molecule has 170 valence electrons. The summed E-state index contributed by atoms with van der Waals surface area (Å²) in [6.07, 6.45) is -3.06. The molecule has 3 rings (SSSR count). The van der Waals surface area contributed by atoms with E-state index in [4.69, 9.17) is 5.11 Å². The molecular weight excluding hydrogens is 428 g/mol. The van der Waals surface area contributed by atoms with Crippen molar-refractivity contribution < 1.29 is 27.5 Å². The average Bonchev–Trinajstić information content (AvgIpc) is 2.72. The van der Waals surface area contributed by atoms with Crippen molar-refractivity contribution in [2.24, 2.45) is 0 Å². The second-order valence-electron chi connectivity index (χ2n) is 6.92. The van der Waals surface area contributed by atoms with Crippen LogP contribution in [0.2, 0.25) is 0 Å². The Bertz CT molecular complexity index is 1140. The third-order valence-corrected chi connectivity index (χ3v) is 4.60. The van der Waals surface area contributed by atoms with E-state index >= 15 is 0 Å². The van der Waals surface area contributed by atoms with Crippen LogP contribution in [0.1, 0.15) is 34.0 Å². The smallest absolute Gasteiger partial charge is 0.416 e. The van der Waals surface area contributed by atoms with Crippen molar-refractivity contribution in [3.63, 3.8) is 0 Å². The summed E-state index contributed by atoms with van der Waals surface area (Å²) in [5, 5.41) is 8.86. The van der Waals surface area contributed by atoms with E-state index in [1.54, 1.807) is 13.8 Å². The van der Waals surface area contributed by atoms with Crippen LogP contribution in [0.3, 0.4) is 0 Å². The Kier molecular flexibility index (Phi) is 7.80. The van der Waals surface area contributed by atoms with Crippen LogP contribution in [0.25, 0.3) is 0 Å². The number of nitrogens with zero attached hydrogens (tertiary/aromatic N) is 1. The first-order valence-corrected chi connectivity index (χ1v) is 9.57. The molecule has 0 radical (unpaired) electrons. The number of carbonyl (C=O) groups excluding carboxylic acids is 1. The van der Waals surface area contributed by atoms with Gasteiger partial charge >= 0.3 is 6.18 Å². The monoisotopic (exact) mass is 450 g/mol. The number of aromatic nitrogens is 1. The van der Waals surface area contributed by atoms with Gasteiger partial charge in [-0.25, -0.2) is 4.39 Å². The first-order chi connectivity index (χ1) is 14.9. The van der Waals surface area contributed by atoms with E-state index in [0.717, 1.165) is 18.2 Å². The number of hydrogen-bond acceptors (Lipinski definition) is 3. The summed E-state index contributed by atoms with van der Waals surface area (Å²) in [5.74, 6) is -0.820. The topological polar surface area (TPSA) is 73.4 Å². The molecular formula is C23H22F4N2O3. The summed E-state index contributed by atoms with van der Waals surface area (Å²) >= 11 is 0. The number of rotatable bonds is 3. The second kappa shape index (κ2) is 10.1. The number of pyridine rings is 1. The normalized spacial score (nSPS) is 10.8. The van der Waals surface area contributed by atoms with Gasteiger partial charge in [0.1, 0.15) is 11.6 Å². The highest BCUT2D eigenvalue weighted by molar-refractivity contribution is 6.06. The minimum Gasteiger partial charge on any atom is -0.508 e. The number of phenols is 1. The summed E-state index contributed by atoms with van der Waals surface area (Å²) in [4.78, 5) is 27.5. The van der Waals surface area contributed by atoms with Crippen molar-refractivity contribution in [1.82, 2.24) is 4.98 Å². The van der Waals surface area contributed by atoms with Crippen LogP contribution < -0.4 is 10.5 Å². The number of aromatic amines is 1. The maximum absolute atomic E-state index is 12.7. The minimum atomic E-state index is -4.45. The molecule has 2 aromatic carbocycles. The van der Waals surface area contributed by atoms with E-state index in [1.165, 1.54) is 48.4 Å². The van der Waals surface area contributed by atoms with Gasteiger partial charge in [0, 0.05) is 30.4 Å². The summed E-state index contributed by atoms with van der Waals surface area (Å²) in [6.45, 7) is 5.23. The molecule has 32 heavy (non-hydrogen) atoms. The molecule has 0 fully saturated rings. The Morgan fingerprint density at radius 2 is 1.72 bits per heavy atom. The van der Waals surface area contributed by atoms with Crippen LogP contribution in [0.5, 0.6) is 5.75 Å². The number of benzene rings is 2. The Balaban J connectivity index is 0.000000336. The molecule has 0 aliphatic carbocycles. The number of nitrogens with one attached hydrogen (secondary N) is 1. The first kappa shape index (κ1) is 24.6. The van der Waals surface area contributed by atoms with Crippen LogP contribution in [-0.2, 0) is 6.18 Å². The molecule has 0 saturated carbocycles. The highest BCUT2D eigenvalue weighted by Gasteiger charge is 2.31. The van der Waals surface area contributed by atoms with Gasteiger partial charge < -0.3 is 15.0 Å². The van der Waals surface area contributed by atoms with Crippen molar-refractivity contribution in [2.45, 2.75) is 26.9 Å². The van der Waals surface area contributed by atoms with Gasteiger partial charge in [0.2, 0.25) is 5.56 Å². The lowest BCUT2D eigenvalue weighted by atomic mass is 10.0. The SMILES string of the molecule is CCN(C(=O)c1ccc(C(F)(F)F)cc1C)c1ccc(=O)[nH]c1.Cc1ccc(F)cc1O. The zero-order valence-electron chi connectivity index (χ0n) is 17.6. The molecule has 0 spiro atoms. The largest absolute Gasteiger partial charge is 0.508 e. The number of aromatic hydroxyl groups is 1. The number of alkyl halides is 3. The molecule has 1 heterocycles. The van der Waals surface area contributed by atoms with Crippen LogP contribution in [0, 0.1) is 19.7 Å². The summed E-state index contributed by atoms with van der Waals surface area (Å²) in [6, 6.07) is 9.73. The summed E-state index contributed by atoms with van der Waals surface area (Å²) in [5.41, 5.74) is 0.494. The molecule has 0 atom stereocenters. The van der Waals surface area contributed by atoms with E-state index in [0.29, 0.717) is 17.8 Å². The van der Waals surface area contributed by atoms with Gasteiger partial charge in [-0.3, -0.25) is 9.59 Å². The van der Waals surface area contributed by atoms with Crippen molar-refractivity contribution >= 4 is 11.6 Å². The van der Waals surface area contributed by atoms with Gasteiger partial charge in [-0.05, 0) is 62.2 Å². The predicted molar refractivity (Wildman–Crippen MR) is 113 cm³/mol. The maximum atomic E-state index is 12.7. The Hall–Kier alpha value is -3.62. The molecule has 0 aliphatic heterocycles. The third kappa shape index (κ3) is 6.19. The lowest BCUT2D eigenvalue weighted by molar-refractivity contribution is -0.137. The number of anilines is 1. The number of phenolic OH excluding ortho intramolecular Hbond substituents is 1. The second-order valence-corrected chi connectivity index (χ2v) is 6.92. The van der Waals surface area contributed by atoms with E-state index in [1.807, 2.05) is 0 Å². The molecule has 0 aliphatic rings. The molecule has 0 saturated heterocycles. The van der Waals surface area contributed by atoms with E-state index in [-0.39, 0.29) is 22.4 Å². The van der Waals surface area contributed by atoms with Gasteiger partial charge in [0.05, 0.1) is 11.3 Å². The standard InChI is InChI=1S/C16H15F3N2O2.C7H7FO/c1-3-21(12-5-7-14(22)20-9-12)15(23)13-6-4-11(8-10(13)2)16(17,18)19;1-5-2-3-6(8)4-7(5)9/h4-9H,3H2,1-2H3,(H,20,22);2-4,9H,1H3. The summed E-state index contributed by atoms with van der Waals surface area (Å²) in [7, 11) is 0. The fourth-order valence-electron chi connectivity index (χ4n) is 2.82. The fourth-order valence-corrected chi connectivity index (χ4v) is 2.82. The molecule has 9 heteroatoms. The molecule has 3 aromatic rings. The van der Waals surface area contributed by atoms with Crippen LogP contribution in [-0.4, -0.2) is 22.5 Å². The molecule has 5 nitrogen and oxygen atoms in total. The lowest BCUT2D eigenvalue weighted by Crippen LogP contribution is -2.31. The quantitative estimate of drug-likeness (QED) is 0.538. The van der Waals surface area contributed by atoms with E-state index < -0.39 is 23.5 Å². The van der Waals surface area contributed by atoms with Crippen molar-refractivity contribution in [2.75, 3.05) is 11.4 Å². The lowest BCUT2D eigenvalue weighted by Gasteiger charge is -2.22. The molecule has 1 aromatic heterocycles. The number of halogens is 4. The van der Waals surface area contributed by atoms with Crippen molar-refractivity contribution in [3.8, 4) is 5.75 Å². The number of amides is 1. The van der Waals surface area contributed by atoms with Gasteiger partial charge in [0.25, 0.3) is 5.91 Å². The number of carbonyl (C=O) groups is 1. The minimum absolute atomic E-state index is 0.00926. The van der Waals surface area contributed by atoms with Crippen LogP contribution in [0.15, 0.2) is 59.5 Å². The average molecular weight is 450 g/mol. The predicted octanol–water partition coefficient (Wildman–Crippen LogP) is 5.21. The first-order valence-electron chi connectivity index (χ1n) is 9.57. The van der Waals surface area contributed by atoms with E-state index in [2.05, 4.69) is 4.98 Å².